The van der Waals surface area contributed by atoms with Crippen molar-refractivity contribution in [2.75, 3.05) is 39.6 Å². The molecule has 3 aromatic carbocycles. The van der Waals surface area contributed by atoms with E-state index in [0.717, 1.165) is 30.8 Å². The highest BCUT2D eigenvalue weighted by atomic mass is 16.8. The maximum absolute atomic E-state index is 10.2. The molecule has 3 aromatic rings. The molecule has 0 fully saturated rings. The fraction of sp³-hybridized carbons (Fsp3) is 0.406. The first-order chi connectivity index (χ1) is 19.5. The summed E-state index contributed by atoms with van der Waals surface area (Å²) >= 11 is 0. The lowest BCUT2D eigenvalue weighted by Gasteiger charge is -2.22. The van der Waals surface area contributed by atoms with Crippen LogP contribution in [0.15, 0.2) is 90.1 Å². The van der Waals surface area contributed by atoms with Crippen LogP contribution in [0.5, 0.6) is 0 Å². The second kappa shape index (κ2) is 15.5. The molecule has 1 aliphatic heterocycles. The average molecular weight is 549 g/mol. The molecule has 0 aliphatic carbocycles. The number of benzene rings is 3. The SMILES string of the molecule is CC1(C)ON=C(c2ccc(COCC(O)COCCOCCN(Cc3ccccc3)Cc3ccccc3)cc2)O1. The standard InChI is InChI=1S/C32H40N2O6/c1-32(2)39-31(33-40-32)29-15-13-28(14-16-29)23-38-25-30(35)24-37-20-19-36-18-17-34(21-26-9-5-3-6-10-26)22-27-11-7-4-8-12-27/h3-16,30,35H,17-25H2,1-2H3. The molecule has 0 amide bonds. The number of hydrogen-bond donors (Lipinski definition) is 1. The van der Waals surface area contributed by atoms with Crippen molar-refractivity contribution >= 4 is 5.90 Å². The molecule has 214 valence electrons. The van der Waals surface area contributed by atoms with E-state index in [1.54, 1.807) is 0 Å². The molecule has 1 heterocycles. The molecule has 0 saturated carbocycles. The van der Waals surface area contributed by atoms with Crippen molar-refractivity contribution in [3.8, 4) is 0 Å². The van der Waals surface area contributed by atoms with Crippen molar-refractivity contribution in [2.24, 2.45) is 5.16 Å². The number of oxime groups is 1. The molecule has 0 spiro atoms. The van der Waals surface area contributed by atoms with Gasteiger partial charge in [-0.25, -0.2) is 0 Å². The number of aliphatic hydroxyl groups excluding tert-OH is 1. The summed E-state index contributed by atoms with van der Waals surface area (Å²) in [6.45, 7) is 8.43. The summed E-state index contributed by atoms with van der Waals surface area (Å²) in [5.74, 6) is -0.279. The molecule has 8 heteroatoms. The van der Waals surface area contributed by atoms with Gasteiger partial charge in [-0.15, -0.1) is 0 Å². The van der Waals surface area contributed by atoms with Crippen LogP contribution in [0.2, 0.25) is 0 Å². The smallest absolute Gasteiger partial charge is 0.271 e. The molecular weight excluding hydrogens is 508 g/mol. The van der Waals surface area contributed by atoms with Crippen molar-refractivity contribution in [3.05, 3.63) is 107 Å². The van der Waals surface area contributed by atoms with Crippen LogP contribution in [0, 0.1) is 0 Å². The first-order valence-electron chi connectivity index (χ1n) is 13.7. The molecule has 1 N–H and O–H groups in total. The molecule has 1 atom stereocenters. The average Bonchev–Trinajstić information content (AvgIpc) is 3.33. The summed E-state index contributed by atoms with van der Waals surface area (Å²) in [5.41, 5.74) is 4.38. The van der Waals surface area contributed by atoms with E-state index in [2.05, 4.69) is 58.6 Å². The minimum Gasteiger partial charge on any atom is -0.431 e. The molecule has 0 radical (unpaired) electrons. The Labute approximate surface area is 237 Å². The molecular formula is C32H40N2O6. The maximum atomic E-state index is 10.2. The van der Waals surface area contributed by atoms with E-state index in [0.29, 0.717) is 32.3 Å². The number of hydrogen-bond acceptors (Lipinski definition) is 8. The second-order valence-corrected chi connectivity index (χ2v) is 10.2. The Balaban J connectivity index is 1.06. The summed E-state index contributed by atoms with van der Waals surface area (Å²) in [4.78, 5) is 7.61. The number of aliphatic hydroxyl groups is 1. The van der Waals surface area contributed by atoms with Crippen molar-refractivity contribution in [2.45, 2.75) is 45.4 Å². The van der Waals surface area contributed by atoms with Crippen LogP contribution in [0.3, 0.4) is 0 Å². The third-order valence-electron chi connectivity index (χ3n) is 6.20. The fourth-order valence-corrected chi connectivity index (χ4v) is 4.17. The van der Waals surface area contributed by atoms with Crippen LogP contribution in [0.4, 0.5) is 0 Å². The zero-order valence-corrected chi connectivity index (χ0v) is 23.4. The summed E-state index contributed by atoms with van der Waals surface area (Å²) in [6.07, 6.45) is -0.702. The monoisotopic (exact) mass is 548 g/mol. The number of nitrogens with zero attached hydrogens (tertiary/aromatic N) is 2. The summed E-state index contributed by atoms with van der Waals surface area (Å²) < 4.78 is 22.7. The van der Waals surface area contributed by atoms with Crippen molar-refractivity contribution in [1.82, 2.24) is 4.90 Å². The van der Waals surface area contributed by atoms with Gasteiger partial charge >= 0.3 is 0 Å². The second-order valence-electron chi connectivity index (χ2n) is 10.2. The first kappa shape index (κ1) is 29.7. The lowest BCUT2D eigenvalue weighted by molar-refractivity contribution is -0.128. The Bertz CT molecular complexity index is 1110. The predicted octanol–water partition coefficient (Wildman–Crippen LogP) is 4.74. The van der Waals surface area contributed by atoms with Gasteiger partial charge in [0.15, 0.2) is 0 Å². The van der Waals surface area contributed by atoms with Gasteiger partial charge in [0.1, 0.15) is 6.10 Å². The molecule has 0 saturated heterocycles. The van der Waals surface area contributed by atoms with Gasteiger partial charge in [-0.1, -0.05) is 72.8 Å². The van der Waals surface area contributed by atoms with Crippen LogP contribution in [-0.4, -0.2) is 67.4 Å². The Morgan fingerprint density at radius 3 is 1.95 bits per heavy atom. The Kier molecular flexibility index (Phi) is 11.5. The van der Waals surface area contributed by atoms with Gasteiger partial charge in [-0.05, 0) is 34.0 Å². The molecule has 8 nitrogen and oxygen atoms in total. The van der Waals surface area contributed by atoms with Gasteiger partial charge < -0.3 is 28.9 Å². The Hall–Kier alpha value is -3.27. The number of ether oxygens (including phenoxy) is 4. The Morgan fingerprint density at radius 2 is 1.35 bits per heavy atom. The van der Waals surface area contributed by atoms with Crippen molar-refractivity contribution in [3.63, 3.8) is 0 Å². The predicted molar refractivity (Wildman–Crippen MR) is 154 cm³/mol. The van der Waals surface area contributed by atoms with Gasteiger partial charge in [0.2, 0.25) is 0 Å². The first-order valence-corrected chi connectivity index (χ1v) is 13.7. The third-order valence-corrected chi connectivity index (χ3v) is 6.20. The quantitative estimate of drug-likeness (QED) is 0.244. The minimum atomic E-state index is -0.742. The fourth-order valence-electron chi connectivity index (χ4n) is 4.17. The van der Waals surface area contributed by atoms with Crippen molar-refractivity contribution < 1.29 is 28.9 Å². The van der Waals surface area contributed by atoms with Crippen molar-refractivity contribution in [1.29, 1.82) is 0 Å². The van der Waals surface area contributed by atoms with Gasteiger partial charge in [0.25, 0.3) is 11.7 Å². The normalized spacial score (nSPS) is 14.9. The van der Waals surface area contributed by atoms with Gasteiger partial charge in [-0.3, -0.25) is 4.90 Å². The zero-order chi connectivity index (χ0) is 28.0. The van der Waals surface area contributed by atoms with Crippen LogP contribution in [-0.2, 0) is 43.5 Å². The highest BCUT2D eigenvalue weighted by Crippen LogP contribution is 2.22. The van der Waals surface area contributed by atoms with E-state index in [-0.39, 0.29) is 13.2 Å². The molecule has 0 aromatic heterocycles. The minimum absolute atomic E-state index is 0.189. The summed E-state index contributed by atoms with van der Waals surface area (Å²) in [7, 11) is 0. The van der Waals surface area contributed by atoms with Crippen LogP contribution < -0.4 is 0 Å². The van der Waals surface area contributed by atoms with Gasteiger partial charge in [0, 0.05) is 39.0 Å². The number of rotatable bonds is 17. The van der Waals surface area contributed by atoms with Crippen LogP contribution in [0.25, 0.3) is 0 Å². The highest BCUT2D eigenvalue weighted by Gasteiger charge is 2.30. The molecule has 1 unspecified atom stereocenters. The van der Waals surface area contributed by atoms with Gasteiger partial charge in [-0.2, -0.15) is 0 Å². The van der Waals surface area contributed by atoms with E-state index in [9.17, 15) is 5.11 Å². The van der Waals surface area contributed by atoms with E-state index >= 15 is 0 Å². The molecule has 1 aliphatic rings. The van der Waals surface area contributed by atoms with Crippen LogP contribution in [0.1, 0.15) is 36.1 Å². The van der Waals surface area contributed by atoms with E-state index in [1.165, 1.54) is 11.1 Å². The molecule has 40 heavy (non-hydrogen) atoms. The largest absolute Gasteiger partial charge is 0.431 e. The van der Waals surface area contributed by atoms with E-state index < -0.39 is 11.9 Å². The highest BCUT2D eigenvalue weighted by molar-refractivity contribution is 5.94. The maximum Gasteiger partial charge on any atom is 0.271 e. The lowest BCUT2D eigenvalue weighted by Crippen LogP contribution is -2.27. The van der Waals surface area contributed by atoms with E-state index in [1.807, 2.05) is 50.2 Å². The zero-order valence-electron chi connectivity index (χ0n) is 23.4. The summed E-state index contributed by atoms with van der Waals surface area (Å²) in [6, 6.07) is 28.6. The lowest BCUT2D eigenvalue weighted by atomic mass is 10.1. The third kappa shape index (κ3) is 10.4. The topological polar surface area (TPSA) is 82.0 Å². The molecule has 0 bridgehead atoms. The van der Waals surface area contributed by atoms with E-state index in [4.69, 9.17) is 23.8 Å². The van der Waals surface area contributed by atoms with Crippen LogP contribution >= 0.6 is 0 Å². The van der Waals surface area contributed by atoms with Gasteiger partial charge in [0.05, 0.1) is 39.6 Å². The Morgan fingerprint density at radius 1 is 0.750 bits per heavy atom. The molecule has 4 rings (SSSR count). The summed E-state index contributed by atoms with van der Waals surface area (Å²) in [5, 5.41) is 14.1.